The van der Waals surface area contributed by atoms with Crippen LogP contribution in [-0.2, 0) is 9.59 Å². The van der Waals surface area contributed by atoms with Crippen molar-refractivity contribution in [3.8, 4) is 11.4 Å². The third-order valence-electron chi connectivity index (χ3n) is 5.74. The fourth-order valence-electron chi connectivity index (χ4n) is 4.32. The number of carbonyl (C=O) groups is 3. The molecule has 2 heterocycles. The van der Waals surface area contributed by atoms with Gasteiger partial charge in [0.15, 0.2) is 0 Å². The van der Waals surface area contributed by atoms with Gasteiger partial charge in [-0.25, -0.2) is 9.69 Å². The van der Waals surface area contributed by atoms with Crippen LogP contribution in [0, 0.1) is 27.7 Å². The van der Waals surface area contributed by atoms with Gasteiger partial charge in [0.2, 0.25) is 0 Å². The number of anilines is 1. The number of benzene rings is 2. The third kappa shape index (κ3) is 4.24. The molecule has 0 atom stereocenters. The Labute approximate surface area is 198 Å². The zero-order valence-electron chi connectivity index (χ0n) is 19.9. The number of barbiturate groups is 1. The largest absolute Gasteiger partial charge is 0.494 e. The summed E-state index contributed by atoms with van der Waals surface area (Å²) in [5.41, 5.74) is 5.64. The molecule has 0 spiro atoms. The van der Waals surface area contributed by atoms with Crippen molar-refractivity contribution in [1.82, 2.24) is 9.88 Å². The Balaban J connectivity index is 1.73. The Bertz CT molecular complexity index is 1310. The van der Waals surface area contributed by atoms with E-state index >= 15 is 0 Å². The van der Waals surface area contributed by atoms with Gasteiger partial charge >= 0.3 is 6.03 Å². The minimum atomic E-state index is -0.753. The van der Waals surface area contributed by atoms with E-state index in [2.05, 4.69) is 5.32 Å². The topological polar surface area (TPSA) is 80.6 Å². The van der Waals surface area contributed by atoms with Crippen LogP contribution in [0.5, 0.6) is 5.75 Å². The van der Waals surface area contributed by atoms with Crippen LogP contribution in [0.2, 0.25) is 0 Å². The average Bonchev–Trinajstić information content (AvgIpc) is 3.04. The minimum absolute atomic E-state index is 0.0919. The van der Waals surface area contributed by atoms with Gasteiger partial charge in [0.1, 0.15) is 11.3 Å². The van der Waals surface area contributed by atoms with Crippen LogP contribution in [0.1, 0.15) is 35.0 Å². The van der Waals surface area contributed by atoms with E-state index < -0.39 is 17.8 Å². The number of aryl methyl sites for hydroxylation is 3. The van der Waals surface area contributed by atoms with Crippen LogP contribution < -0.4 is 15.0 Å². The number of hydrogen-bond acceptors (Lipinski definition) is 4. The maximum atomic E-state index is 13.3. The van der Waals surface area contributed by atoms with E-state index in [-0.39, 0.29) is 5.57 Å². The number of nitrogens with one attached hydrogen (secondary N) is 1. The standard InChI is InChI=1S/C27H27N3O4/c1-6-34-23-9-7-21(8-10-23)29-18(4)14-20(19(29)5)15-24-25(31)28-27(33)30(26(24)32)22-12-16(2)11-17(3)13-22/h7-15H,6H2,1-5H3,(H,28,31,33)/b24-15+. The van der Waals surface area contributed by atoms with Crippen molar-refractivity contribution >= 4 is 29.6 Å². The molecule has 0 aliphatic carbocycles. The van der Waals surface area contributed by atoms with Gasteiger partial charge in [-0.1, -0.05) is 6.07 Å². The van der Waals surface area contributed by atoms with E-state index in [9.17, 15) is 14.4 Å². The lowest BCUT2D eigenvalue weighted by Crippen LogP contribution is -2.54. The Kier molecular flexibility index (Phi) is 6.11. The monoisotopic (exact) mass is 457 g/mol. The maximum absolute atomic E-state index is 13.3. The zero-order chi connectivity index (χ0) is 24.6. The van der Waals surface area contributed by atoms with Crippen molar-refractivity contribution < 1.29 is 19.1 Å². The van der Waals surface area contributed by atoms with Crippen molar-refractivity contribution in [1.29, 1.82) is 0 Å². The van der Waals surface area contributed by atoms with Gasteiger partial charge in [0.05, 0.1) is 12.3 Å². The number of imide groups is 2. The van der Waals surface area contributed by atoms with E-state index in [1.165, 1.54) is 0 Å². The van der Waals surface area contributed by atoms with Gasteiger partial charge in [-0.05, 0) is 99.8 Å². The molecule has 1 aromatic heterocycles. The molecule has 4 rings (SSSR count). The molecular formula is C27H27N3O4. The predicted octanol–water partition coefficient (Wildman–Crippen LogP) is 4.78. The molecule has 2 aromatic carbocycles. The smallest absolute Gasteiger partial charge is 0.335 e. The first-order valence-electron chi connectivity index (χ1n) is 11.1. The lowest BCUT2D eigenvalue weighted by molar-refractivity contribution is -0.122. The molecule has 1 aliphatic heterocycles. The van der Waals surface area contributed by atoms with Crippen LogP contribution in [0.3, 0.4) is 0 Å². The van der Waals surface area contributed by atoms with Crippen molar-refractivity contribution in [3.63, 3.8) is 0 Å². The zero-order valence-corrected chi connectivity index (χ0v) is 19.9. The molecule has 0 bridgehead atoms. The van der Waals surface area contributed by atoms with Crippen molar-refractivity contribution in [2.45, 2.75) is 34.6 Å². The number of aromatic nitrogens is 1. The van der Waals surface area contributed by atoms with E-state index in [4.69, 9.17) is 4.74 Å². The molecule has 34 heavy (non-hydrogen) atoms. The third-order valence-corrected chi connectivity index (χ3v) is 5.74. The van der Waals surface area contributed by atoms with Gasteiger partial charge in [-0.2, -0.15) is 0 Å². The lowest BCUT2D eigenvalue weighted by Gasteiger charge is -2.27. The van der Waals surface area contributed by atoms with Gasteiger partial charge < -0.3 is 9.30 Å². The summed E-state index contributed by atoms with van der Waals surface area (Å²) in [6, 6.07) is 14.3. The van der Waals surface area contributed by atoms with E-state index in [1.54, 1.807) is 18.2 Å². The molecule has 1 saturated heterocycles. The summed E-state index contributed by atoms with van der Waals surface area (Å²) in [6.45, 7) is 10.2. The fourth-order valence-corrected chi connectivity index (χ4v) is 4.32. The molecule has 1 aliphatic rings. The molecule has 0 saturated carbocycles. The van der Waals surface area contributed by atoms with E-state index in [1.807, 2.05) is 75.6 Å². The maximum Gasteiger partial charge on any atom is 0.335 e. The summed E-state index contributed by atoms with van der Waals surface area (Å²) < 4.78 is 7.57. The first-order valence-corrected chi connectivity index (χ1v) is 11.1. The van der Waals surface area contributed by atoms with Crippen LogP contribution in [0.4, 0.5) is 10.5 Å². The SMILES string of the molecule is CCOc1ccc(-n2c(C)cc(/C=C3\C(=O)NC(=O)N(c4cc(C)cc(C)c4)C3=O)c2C)cc1. The minimum Gasteiger partial charge on any atom is -0.494 e. The summed E-state index contributed by atoms with van der Waals surface area (Å²) in [5.74, 6) is -0.567. The number of carbonyl (C=O) groups excluding carboxylic acids is 3. The fraction of sp³-hybridized carbons (Fsp3) is 0.222. The molecule has 7 heteroatoms. The number of ether oxygens (including phenoxy) is 1. The van der Waals surface area contributed by atoms with Crippen molar-refractivity contribution in [2.75, 3.05) is 11.5 Å². The molecule has 174 valence electrons. The molecule has 7 nitrogen and oxygen atoms in total. The Hall–Kier alpha value is -4.13. The molecule has 1 fully saturated rings. The summed E-state index contributed by atoms with van der Waals surface area (Å²) in [5, 5.41) is 2.30. The van der Waals surface area contributed by atoms with Gasteiger partial charge in [-0.3, -0.25) is 14.9 Å². The highest BCUT2D eigenvalue weighted by Crippen LogP contribution is 2.27. The Morgan fingerprint density at radius 2 is 1.53 bits per heavy atom. The number of hydrogen-bond donors (Lipinski definition) is 1. The summed E-state index contributed by atoms with van der Waals surface area (Å²) >= 11 is 0. The molecular weight excluding hydrogens is 430 g/mol. The van der Waals surface area contributed by atoms with Crippen LogP contribution in [0.15, 0.2) is 54.1 Å². The van der Waals surface area contributed by atoms with Crippen LogP contribution in [0.25, 0.3) is 11.8 Å². The predicted molar refractivity (Wildman–Crippen MR) is 131 cm³/mol. The first-order chi connectivity index (χ1) is 16.2. The Morgan fingerprint density at radius 1 is 0.882 bits per heavy atom. The lowest BCUT2D eigenvalue weighted by atomic mass is 10.1. The van der Waals surface area contributed by atoms with Crippen LogP contribution in [-0.4, -0.2) is 29.0 Å². The highest BCUT2D eigenvalue weighted by molar-refractivity contribution is 6.39. The molecule has 4 amide bonds. The molecule has 0 radical (unpaired) electrons. The van der Waals surface area contributed by atoms with Gasteiger partial charge in [0.25, 0.3) is 11.8 Å². The Morgan fingerprint density at radius 3 is 2.15 bits per heavy atom. The first kappa shape index (κ1) is 23.0. The summed E-state index contributed by atoms with van der Waals surface area (Å²) in [6.07, 6.45) is 1.55. The number of rotatable bonds is 5. The molecule has 0 unspecified atom stereocenters. The highest BCUT2D eigenvalue weighted by Gasteiger charge is 2.37. The summed E-state index contributed by atoms with van der Waals surface area (Å²) in [7, 11) is 0. The van der Waals surface area contributed by atoms with Crippen molar-refractivity contribution in [2.24, 2.45) is 0 Å². The van der Waals surface area contributed by atoms with Crippen LogP contribution >= 0.6 is 0 Å². The second-order valence-electron chi connectivity index (χ2n) is 8.39. The number of amides is 4. The summed E-state index contributed by atoms with van der Waals surface area (Å²) in [4.78, 5) is 39.5. The molecule has 1 N–H and O–H groups in total. The van der Waals surface area contributed by atoms with Gasteiger partial charge in [0, 0.05) is 17.1 Å². The quantitative estimate of drug-likeness (QED) is 0.442. The second-order valence-corrected chi connectivity index (χ2v) is 8.39. The number of nitrogens with zero attached hydrogens (tertiary/aromatic N) is 2. The average molecular weight is 458 g/mol. The number of urea groups is 1. The second kappa shape index (κ2) is 9.02. The highest BCUT2D eigenvalue weighted by atomic mass is 16.5. The normalized spacial score (nSPS) is 15.1. The van der Waals surface area contributed by atoms with E-state index in [0.717, 1.165) is 44.4 Å². The van der Waals surface area contributed by atoms with Gasteiger partial charge in [-0.15, -0.1) is 0 Å². The molecule has 3 aromatic rings. The van der Waals surface area contributed by atoms with Crippen molar-refractivity contribution in [3.05, 3.63) is 82.2 Å². The van der Waals surface area contributed by atoms with E-state index in [0.29, 0.717) is 12.3 Å².